The van der Waals surface area contributed by atoms with E-state index in [1.165, 1.54) is 84.6 Å². The second kappa shape index (κ2) is 20.0. The van der Waals surface area contributed by atoms with Gasteiger partial charge in [-0.25, -0.2) is 0 Å². The number of hydrogen-bond acceptors (Lipinski definition) is 12. The SMILES string of the molecule is CN1CC2COCC2C1.CN1CC2COC[C@@H]2C1.CN1CC2OCC[C@@H]2C1.CN1CCC2OCCC21.CN1C[C@@H]2CCO[C@@H]2C1.CN1C[C@H]2COC[C@H]2C1. The molecule has 312 valence electrons. The lowest BCUT2D eigenvalue weighted by molar-refractivity contribution is 0.103. The van der Waals surface area contributed by atoms with Gasteiger partial charge >= 0.3 is 0 Å². The molecule has 12 aliphatic rings. The van der Waals surface area contributed by atoms with Crippen LogP contribution in [0.1, 0.15) is 25.7 Å². The maximum Gasteiger partial charge on any atom is 0.0743 e. The molecule has 0 aliphatic carbocycles. The summed E-state index contributed by atoms with van der Waals surface area (Å²) in [5.41, 5.74) is 0. The lowest BCUT2D eigenvalue weighted by Gasteiger charge is -2.15. The monoisotopic (exact) mass is 763 g/mol. The third kappa shape index (κ3) is 11.2. The lowest BCUT2D eigenvalue weighted by Crippen LogP contribution is -2.27. The maximum absolute atomic E-state index is 5.51. The molecule has 0 amide bonds. The van der Waals surface area contributed by atoms with Gasteiger partial charge in [0.25, 0.3) is 0 Å². The topological polar surface area (TPSA) is 74.8 Å². The summed E-state index contributed by atoms with van der Waals surface area (Å²) >= 11 is 0. The molecule has 12 nitrogen and oxygen atoms in total. The van der Waals surface area contributed by atoms with Gasteiger partial charge in [-0.1, -0.05) is 0 Å². The zero-order chi connectivity index (χ0) is 37.6. The summed E-state index contributed by atoms with van der Waals surface area (Å²) in [5, 5.41) is 0. The van der Waals surface area contributed by atoms with E-state index in [1.807, 2.05) is 0 Å². The largest absolute Gasteiger partial charge is 0.381 e. The standard InChI is InChI=1S/6C7H13NO/c3*1-8-2-6-4-9-5-7(6)3-8;1-8-4-2-7-6(8)3-5-9-7;2*1-8-4-6-2-3-9-7(6)5-8/h6*6-7H,2-5H2,1H3/t6-,7?;6-,7+;;;6-,7?;6-,7+/m0...10/s1. The maximum atomic E-state index is 5.51. The summed E-state index contributed by atoms with van der Waals surface area (Å²) in [4.78, 5) is 14.3. The predicted octanol–water partition coefficient (Wildman–Crippen LogP) is 1.74. The molecule has 0 radical (unpaired) electrons. The van der Waals surface area contributed by atoms with E-state index in [4.69, 9.17) is 28.4 Å². The summed E-state index contributed by atoms with van der Waals surface area (Å²) in [5.74, 6) is 6.85. The molecule has 12 heterocycles. The van der Waals surface area contributed by atoms with Crippen molar-refractivity contribution < 1.29 is 28.4 Å². The van der Waals surface area contributed by atoms with E-state index in [2.05, 4.69) is 71.7 Å². The molecule has 0 N–H and O–H groups in total. The number of fused-ring (bicyclic) bond motifs is 6. The molecule has 12 fully saturated rings. The zero-order valence-electron chi connectivity index (χ0n) is 35.0. The highest BCUT2D eigenvalue weighted by Gasteiger charge is 2.39. The van der Waals surface area contributed by atoms with Crippen molar-refractivity contribution >= 4 is 0 Å². The van der Waals surface area contributed by atoms with E-state index in [0.29, 0.717) is 18.3 Å². The Morgan fingerprint density at radius 3 is 1.00 bits per heavy atom. The number of hydrogen-bond donors (Lipinski definition) is 0. The van der Waals surface area contributed by atoms with Gasteiger partial charge in [-0.2, -0.15) is 0 Å². The van der Waals surface area contributed by atoms with Gasteiger partial charge in [0.1, 0.15) is 0 Å². The average Bonchev–Trinajstić information content (AvgIpc) is 3.93. The first-order valence-corrected chi connectivity index (χ1v) is 21.9. The number of rotatable bonds is 0. The molecule has 12 aliphatic heterocycles. The van der Waals surface area contributed by atoms with Crippen molar-refractivity contribution in [3.05, 3.63) is 0 Å². The van der Waals surface area contributed by atoms with Crippen molar-refractivity contribution in [1.29, 1.82) is 0 Å². The number of ether oxygens (including phenoxy) is 6. The van der Waals surface area contributed by atoms with Crippen LogP contribution in [-0.2, 0) is 28.4 Å². The van der Waals surface area contributed by atoms with Crippen LogP contribution < -0.4 is 0 Å². The van der Waals surface area contributed by atoms with Gasteiger partial charge in [-0.05, 0) is 68.0 Å². The molecule has 6 unspecified atom stereocenters. The Hall–Kier alpha value is -0.480. The smallest absolute Gasteiger partial charge is 0.0743 e. The van der Waals surface area contributed by atoms with Gasteiger partial charge in [-0.15, -0.1) is 0 Å². The number of likely N-dealkylation sites (tertiary alicyclic amines) is 6. The van der Waals surface area contributed by atoms with Crippen LogP contribution in [0.25, 0.3) is 0 Å². The van der Waals surface area contributed by atoms with E-state index in [-0.39, 0.29) is 0 Å². The van der Waals surface area contributed by atoms with Crippen molar-refractivity contribution in [2.24, 2.45) is 47.3 Å². The second-order valence-corrected chi connectivity index (χ2v) is 19.2. The summed E-state index contributed by atoms with van der Waals surface area (Å²) in [6.07, 6.45) is 6.81. The third-order valence-electron chi connectivity index (χ3n) is 14.5. The summed E-state index contributed by atoms with van der Waals surface area (Å²) in [6.45, 7) is 22.6. The minimum atomic E-state index is 0.579. The molecule has 12 heteroatoms. The minimum absolute atomic E-state index is 0.579. The highest BCUT2D eigenvalue weighted by Crippen LogP contribution is 2.31. The highest BCUT2D eigenvalue weighted by molar-refractivity contribution is 4.91. The molecular weight excluding hydrogens is 684 g/mol. The van der Waals surface area contributed by atoms with E-state index in [1.54, 1.807) is 0 Å². The molecule has 0 spiro atoms. The highest BCUT2D eigenvalue weighted by atomic mass is 16.5. The molecular formula is C42H78N6O6. The fourth-order valence-electron chi connectivity index (χ4n) is 11.4. The molecule has 54 heavy (non-hydrogen) atoms. The van der Waals surface area contributed by atoms with Crippen molar-refractivity contribution in [3.8, 4) is 0 Å². The first-order valence-electron chi connectivity index (χ1n) is 21.9. The fraction of sp³-hybridized carbons (Fsp3) is 1.00. The Kier molecular flexibility index (Phi) is 15.4. The van der Waals surface area contributed by atoms with Crippen LogP contribution in [0.2, 0.25) is 0 Å². The Labute approximate surface area is 328 Å². The van der Waals surface area contributed by atoms with Crippen LogP contribution in [-0.4, -0.2) is 227 Å². The normalized spacial score (nSPS) is 43.7. The molecule has 12 atom stereocenters. The summed E-state index contributed by atoms with van der Waals surface area (Å²) in [7, 11) is 13.1. The predicted molar refractivity (Wildman–Crippen MR) is 212 cm³/mol. The van der Waals surface area contributed by atoms with Crippen LogP contribution in [0.3, 0.4) is 0 Å². The van der Waals surface area contributed by atoms with Crippen LogP contribution in [0, 0.1) is 47.3 Å². The molecule has 12 saturated heterocycles. The number of nitrogens with zero attached hydrogens (tertiary/aromatic N) is 6. The second-order valence-electron chi connectivity index (χ2n) is 19.2. The molecule has 0 bridgehead atoms. The Balaban J connectivity index is 0.0000001000. The summed E-state index contributed by atoms with van der Waals surface area (Å²) in [6, 6.07) is 0.755. The Morgan fingerprint density at radius 2 is 0.648 bits per heavy atom. The van der Waals surface area contributed by atoms with Gasteiger partial charge < -0.3 is 57.8 Å². The average molecular weight is 763 g/mol. The molecule has 0 aromatic carbocycles. The van der Waals surface area contributed by atoms with Crippen molar-refractivity contribution in [2.45, 2.75) is 50.0 Å². The zero-order valence-corrected chi connectivity index (χ0v) is 35.0. The van der Waals surface area contributed by atoms with Crippen LogP contribution in [0.5, 0.6) is 0 Å². The van der Waals surface area contributed by atoms with Crippen LogP contribution in [0.15, 0.2) is 0 Å². The third-order valence-corrected chi connectivity index (χ3v) is 14.5. The van der Waals surface area contributed by atoms with Crippen molar-refractivity contribution in [3.63, 3.8) is 0 Å². The Morgan fingerprint density at radius 1 is 0.333 bits per heavy atom. The van der Waals surface area contributed by atoms with E-state index < -0.39 is 0 Å². The van der Waals surface area contributed by atoms with Crippen LogP contribution in [0.4, 0.5) is 0 Å². The van der Waals surface area contributed by atoms with Crippen molar-refractivity contribution in [1.82, 2.24) is 29.4 Å². The van der Waals surface area contributed by atoms with E-state index in [9.17, 15) is 0 Å². The quantitative estimate of drug-likeness (QED) is 0.361. The number of likely N-dealkylation sites (N-methyl/N-ethyl adjacent to an activating group) is 3. The molecule has 0 saturated carbocycles. The Bertz CT molecular complexity index is 905. The fourth-order valence-corrected chi connectivity index (χ4v) is 11.4. The van der Waals surface area contributed by atoms with Gasteiger partial charge in [0, 0.05) is 145 Å². The van der Waals surface area contributed by atoms with Gasteiger partial charge in [0.2, 0.25) is 0 Å². The van der Waals surface area contributed by atoms with Crippen LogP contribution >= 0.6 is 0 Å². The molecule has 0 aromatic rings. The van der Waals surface area contributed by atoms with E-state index in [0.717, 1.165) is 126 Å². The first kappa shape index (κ1) is 41.7. The van der Waals surface area contributed by atoms with Gasteiger partial charge in [-0.3, -0.25) is 0 Å². The van der Waals surface area contributed by atoms with E-state index >= 15 is 0 Å². The van der Waals surface area contributed by atoms with Gasteiger partial charge in [0.15, 0.2) is 0 Å². The van der Waals surface area contributed by atoms with Gasteiger partial charge in [0.05, 0.1) is 58.0 Å². The minimum Gasteiger partial charge on any atom is -0.381 e. The lowest BCUT2D eigenvalue weighted by atomic mass is 10.0. The molecule has 0 aromatic heterocycles. The molecule has 12 rings (SSSR count). The van der Waals surface area contributed by atoms with Crippen molar-refractivity contribution in [2.75, 3.05) is 174 Å². The first-order chi connectivity index (χ1) is 26.2. The summed E-state index contributed by atoms with van der Waals surface area (Å²) < 4.78 is 32.5.